The Kier molecular flexibility index (Phi) is 4.53. The maximum absolute atomic E-state index is 13.6. The van der Waals surface area contributed by atoms with Crippen LogP contribution in [0.4, 0.5) is 18.9 Å². The topological polar surface area (TPSA) is 83.8 Å². The standard InChI is InChI=1S/C20H16F3N3O5/c21-20(22,23)19-25-12-8-16-17(31-6-5-30-16)9-13(12)26(19)10-18(27)24-11-1-2-14-15(7-11)29-4-3-28-14/h1-2,7-9H,3-6,10H2,(H,24,27). The molecule has 2 aliphatic rings. The van der Waals surface area contributed by atoms with Crippen molar-refractivity contribution in [2.24, 2.45) is 0 Å². The number of nitrogens with zero attached hydrogens (tertiary/aromatic N) is 2. The van der Waals surface area contributed by atoms with Gasteiger partial charge in [-0.1, -0.05) is 0 Å². The Morgan fingerprint density at radius 2 is 1.55 bits per heavy atom. The Balaban J connectivity index is 1.46. The molecule has 1 amide bonds. The van der Waals surface area contributed by atoms with Crippen molar-refractivity contribution in [1.29, 1.82) is 0 Å². The Hall–Kier alpha value is -3.63. The third kappa shape index (κ3) is 3.66. The predicted molar refractivity (Wildman–Crippen MR) is 102 cm³/mol. The number of benzene rings is 2. The molecule has 8 nitrogen and oxygen atoms in total. The SMILES string of the molecule is O=C(Cn1c(C(F)(F)F)nc2cc3c(cc21)OCCO3)Nc1ccc2c(c1)OCCO2. The Morgan fingerprint density at radius 3 is 2.23 bits per heavy atom. The second-order valence-corrected chi connectivity index (χ2v) is 6.91. The molecule has 3 aromatic rings. The quantitative estimate of drug-likeness (QED) is 0.680. The maximum atomic E-state index is 13.6. The number of fused-ring (bicyclic) bond motifs is 3. The Labute approximate surface area is 173 Å². The Morgan fingerprint density at radius 1 is 0.935 bits per heavy atom. The fourth-order valence-electron chi connectivity index (χ4n) is 3.50. The molecule has 2 aromatic carbocycles. The van der Waals surface area contributed by atoms with E-state index >= 15 is 0 Å². The minimum atomic E-state index is -4.75. The van der Waals surface area contributed by atoms with Gasteiger partial charge >= 0.3 is 6.18 Å². The molecule has 0 saturated carbocycles. The van der Waals surface area contributed by atoms with Crippen LogP contribution in [0.5, 0.6) is 23.0 Å². The molecule has 31 heavy (non-hydrogen) atoms. The van der Waals surface area contributed by atoms with Crippen molar-refractivity contribution < 1.29 is 36.9 Å². The summed E-state index contributed by atoms with van der Waals surface area (Å²) in [6, 6.07) is 7.56. The second-order valence-electron chi connectivity index (χ2n) is 6.91. The first-order valence-corrected chi connectivity index (χ1v) is 9.45. The van der Waals surface area contributed by atoms with Crippen LogP contribution in [0.3, 0.4) is 0 Å². The van der Waals surface area contributed by atoms with E-state index in [2.05, 4.69) is 10.3 Å². The number of aromatic nitrogens is 2. The molecule has 0 radical (unpaired) electrons. The molecule has 162 valence electrons. The summed E-state index contributed by atoms with van der Waals surface area (Å²) < 4.78 is 63.4. The van der Waals surface area contributed by atoms with E-state index in [9.17, 15) is 18.0 Å². The van der Waals surface area contributed by atoms with Crippen molar-refractivity contribution in [1.82, 2.24) is 9.55 Å². The molecule has 11 heteroatoms. The Bertz CT molecular complexity index is 1180. The number of anilines is 1. The summed E-state index contributed by atoms with van der Waals surface area (Å²) in [5.41, 5.74) is 0.555. The van der Waals surface area contributed by atoms with Crippen molar-refractivity contribution in [3.05, 3.63) is 36.2 Å². The highest BCUT2D eigenvalue weighted by atomic mass is 19.4. The van der Waals surface area contributed by atoms with Gasteiger partial charge in [-0.25, -0.2) is 4.98 Å². The van der Waals surface area contributed by atoms with Gasteiger partial charge in [0.15, 0.2) is 23.0 Å². The van der Waals surface area contributed by atoms with Crippen molar-refractivity contribution in [3.63, 3.8) is 0 Å². The van der Waals surface area contributed by atoms with Crippen molar-refractivity contribution in [3.8, 4) is 23.0 Å². The number of hydrogen-bond donors (Lipinski definition) is 1. The molecular weight excluding hydrogens is 419 g/mol. The molecule has 1 N–H and O–H groups in total. The van der Waals surface area contributed by atoms with Crippen LogP contribution in [0.25, 0.3) is 11.0 Å². The largest absolute Gasteiger partial charge is 0.486 e. The number of rotatable bonds is 3. The van der Waals surface area contributed by atoms with Crippen LogP contribution in [-0.4, -0.2) is 41.9 Å². The summed E-state index contributed by atoms with van der Waals surface area (Å²) in [5, 5.41) is 2.59. The number of ether oxygens (including phenoxy) is 4. The van der Waals surface area contributed by atoms with Crippen LogP contribution in [0, 0.1) is 0 Å². The highest BCUT2D eigenvalue weighted by Gasteiger charge is 2.38. The summed E-state index contributed by atoms with van der Waals surface area (Å²) in [4.78, 5) is 16.3. The van der Waals surface area contributed by atoms with Gasteiger partial charge in [0.2, 0.25) is 11.7 Å². The van der Waals surface area contributed by atoms with Crippen LogP contribution < -0.4 is 24.3 Å². The van der Waals surface area contributed by atoms with Gasteiger partial charge in [0.1, 0.15) is 33.0 Å². The first-order valence-electron chi connectivity index (χ1n) is 9.45. The first-order chi connectivity index (χ1) is 14.9. The second kappa shape index (κ2) is 7.25. The fraction of sp³-hybridized carbons (Fsp3) is 0.300. The lowest BCUT2D eigenvalue weighted by Crippen LogP contribution is -2.23. The molecule has 0 bridgehead atoms. The number of hydrogen-bond acceptors (Lipinski definition) is 6. The van der Waals surface area contributed by atoms with Crippen LogP contribution in [0.15, 0.2) is 30.3 Å². The fourth-order valence-corrected chi connectivity index (χ4v) is 3.50. The van der Waals surface area contributed by atoms with Gasteiger partial charge in [0, 0.05) is 23.9 Å². The molecule has 3 heterocycles. The van der Waals surface area contributed by atoms with Gasteiger partial charge in [-0.15, -0.1) is 0 Å². The van der Waals surface area contributed by atoms with Crippen LogP contribution >= 0.6 is 0 Å². The van der Waals surface area contributed by atoms with E-state index in [1.165, 1.54) is 12.1 Å². The number of nitrogens with one attached hydrogen (secondary N) is 1. The molecule has 0 atom stereocenters. The lowest BCUT2D eigenvalue weighted by molar-refractivity contribution is -0.147. The van der Waals surface area contributed by atoms with Gasteiger partial charge in [0.25, 0.3) is 0 Å². The van der Waals surface area contributed by atoms with Gasteiger partial charge in [-0.2, -0.15) is 13.2 Å². The van der Waals surface area contributed by atoms with E-state index in [1.807, 2.05) is 0 Å². The number of alkyl halides is 3. The lowest BCUT2D eigenvalue weighted by Gasteiger charge is -2.19. The zero-order chi connectivity index (χ0) is 21.6. The first kappa shape index (κ1) is 19.3. The van der Waals surface area contributed by atoms with Crippen LogP contribution in [0.2, 0.25) is 0 Å². The molecule has 1 aromatic heterocycles. The minimum absolute atomic E-state index is 0.0590. The summed E-state index contributed by atoms with van der Waals surface area (Å²) in [5.74, 6) is -0.217. The van der Waals surface area contributed by atoms with Gasteiger partial charge in [0.05, 0.1) is 11.0 Å². The number of halogens is 3. The van der Waals surface area contributed by atoms with E-state index in [1.54, 1.807) is 18.2 Å². The number of amides is 1. The highest BCUT2D eigenvalue weighted by Crippen LogP contribution is 2.38. The summed E-state index contributed by atoms with van der Waals surface area (Å²) >= 11 is 0. The minimum Gasteiger partial charge on any atom is -0.486 e. The lowest BCUT2D eigenvalue weighted by atomic mass is 10.2. The summed E-state index contributed by atoms with van der Waals surface area (Å²) in [7, 11) is 0. The van der Waals surface area contributed by atoms with E-state index in [0.29, 0.717) is 48.5 Å². The van der Waals surface area contributed by atoms with Gasteiger partial charge in [-0.05, 0) is 12.1 Å². The third-order valence-electron chi connectivity index (χ3n) is 4.79. The van der Waals surface area contributed by atoms with Crippen LogP contribution in [0.1, 0.15) is 5.82 Å². The van der Waals surface area contributed by atoms with Crippen LogP contribution in [-0.2, 0) is 17.5 Å². The summed E-state index contributed by atoms with van der Waals surface area (Å²) in [6.07, 6.45) is -4.75. The van der Waals surface area contributed by atoms with Crippen molar-refractivity contribution in [2.45, 2.75) is 12.7 Å². The van der Waals surface area contributed by atoms with E-state index in [4.69, 9.17) is 18.9 Å². The highest BCUT2D eigenvalue weighted by molar-refractivity contribution is 5.92. The molecule has 0 unspecified atom stereocenters. The molecular formula is C20H16F3N3O5. The maximum Gasteiger partial charge on any atom is 0.449 e. The number of imidazole rings is 1. The number of carbonyl (C=O) groups excluding carboxylic acids is 1. The summed E-state index contributed by atoms with van der Waals surface area (Å²) in [6.45, 7) is 0.771. The third-order valence-corrected chi connectivity index (χ3v) is 4.79. The molecule has 0 saturated heterocycles. The van der Waals surface area contributed by atoms with E-state index < -0.39 is 24.5 Å². The molecule has 2 aliphatic heterocycles. The van der Waals surface area contributed by atoms with Crippen molar-refractivity contribution >= 4 is 22.6 Å². The molecule has 0 aliphatic carbocycles. The van der Waals surface area contributed by atoms with E-state index in [0.717, 1.165) is 4.57 Å². The average Bonchev–Trinajstić information content (AvgIpc) is 3.09. The monoisotopic (exact) mass is 435 g/mol. The average molecular weight is 435 g/mol. The molecule has 5 rings (SSSR count). The van der Waals surface area contributed by atoms with Gasteiger partial charge < -0.3 is 28.8 Å². The smallest absolute Gasteiger partial charge is 0.449 e. The zero-order valence-electron chi connectivity index (χ0n) is 16.0. The normalized spacial score (nSPS) is 15.1. The van der Waals surface area contributed by atoms with E-state index in [-0.39, 0.29) is 17.6 Å². The molecule has 0 fully saturated rings. The van der Waals surface area contributed by atoms with Gasteiger partial charge in [-0.3, -0.25) is 4.79 Å². The molecule has 0 spiro atoms. The predicted octanol–water partition coefficient (Wildman–Crippen LogP) is 3.24. The zero-order valence-corrected chi connectivity index (χ0v) is 16.0. The van der Waals surface area contributed by atoms with Crippen molar-refractivity contribution in [2.75, 3.05) is 31.7 Å². The number of carbonyl (C=O) groups is 1.